The number of ether oxygens (including phenoxy) is 2. The molecule has 1 aliphatic carbocycles. The summed E-state index contributed by atoms with van der Waals surface area (Å²) in [4.78, 5) is 16.3. The molecule has 9 heteroatoms. The Bertz CT molecular complexity index is 792. The minimum absolute atomic E-state index is 0.0566. The molecule has 2 aliphatic rings. The Hall–Kier alpha value is -2.29. The van der Waals surface area contributed by atoms with Crippen LogP contribution in [0.2, 0.25) is 0 Å². The molecule has 0 spiro atoms. The number of alkyl halides is 2. The number of hydrogen-bond acceptors (Lipinski definition) is 5. The molecule has 0 bridgehead atoms. The molecule has 126 valence electrons. The van der Waals surface area contributed by atoms with E-state index in [-0.39, 0.29) is 23.2 Å². The first-order valence-corrected chi connectivity index (χ1v) is 8.34. The number of benzene rings is 1. The van der Waals surface area contributed by atoms with Gasteiger partial charge in [0, 0.05) is 30.2 Å². The van der Waals surface area contributed by atoms with Gasteiger partial charge in [-0.3, -0.25) is 4.79 Å². The lowest BCUT2D eigenvalue weighted by Crippen LogP contribution is -2.25. The highest BCUT2D eigenvalue weighted by Gasteiger charge is 2.43. The normalized spacial score (nSPS) is 17.8. The van der Waals surface area contributed by atoms with Crippen LogP contribution in [0.1, 0.15) is 18.9 Å². The van der Waals surface area contributed by atoms with Gasteiger partial charge in [-0.25, -0.2) is 4.98 Å². The van der Waals surface area contributed by atoms with E-state index in [1.807, 2.05) is 6.20 Å². The largest absolute Gasteiger partial charge is 0.586 e. The maximum atomic E-state index is 13.0. The lowest BCUT2D eigenvalue weighted by atomic mass is 10.3. The first-order chi connectivity index (χ1) is 11.5. The fourth-order valence-electron chi connectivity index (χ4n) is 2.40. The minimum atomic E-state index is -3.67. The van der Waals surface area contributed by atoms with Crippen LogP contribution in [-0.2, 0) is 4.79 Å². The van der Waals surface area contributed by atoms with Crippen molar-refractivity contribution in [3.63, 3.8) is 0 Å². The Kier molecular flexibility index (Phi) is 3.60. The standard InChI is InChI=1S/C15H13F2N3O3S/c16-15(17)22-11-4-1-9(7-12(11)23-15)19-13(21)8-24-14-18-5-6-20(14)10-2-3-10/h1,4-7,10H,2-3,8H2,(H,19,21). The second-order valence-corrected chi connectivity index (χ2v) is 6.46. The van der Waals surface area contributed by atoms with Crippen molar-refractivity contribution < 1.29 is 23.0 Å². The zero-order chi connectivity index (χ0) is 16.7. The molecule has 1 N–H and O–H groups in total. The highest BCUT2D eigenvalue weighted by atomic mass is 32.2. The molecule has 4 rings (SSSR count). The molecule has 24 heavy (non-hydrogen) atoms. The van der Waals surface area contributed by atoms with Gasteiger partial charge in [-0.15, -0.1) is 8.78 Å². The zero-order valence-electron chi connectivity index (χ0n) is 12.4. The molecule has 1 aromatic heterocycles. The molecule has 1 aromatic carbocycles. The van der Waals surface area contributed by atoms with E-state index in [0.717, 1.165) is 18.0 Å². The Morgan fingerprint density at radius 2 is 2.17 bits per heavy atom. The third-order valence-corrected chi connectivity index (χ3v) is 4.57. The average molecular weight is 353 g/mol. The van der Waals surface area contributed by atoms with Crippen molar-refractivity contribution in [3.8, 4) is 11.5 Å². The van der Waals surface area contributed by atoms with Gasteiger partial charge < -0.3 is 19.4 Å². The van der Waals surface area contributed by atoms with E-state index in [1.54, 1.807) is 6.20 Å². The number of carbonyl (C=O) groups is 1. The van der Waals surface area contributed by atoms with E-state index in [4.69, 9.17) is 0 Å². The van der Waals surface area contributed by atoms with Crippen LogP contribution in [0, 0.1) is 0 Å². The molecular formula is C15H13F2N3O3S. The summed E-state index contributed by atoms with van der Waals surface area (Å²) in [5.41, 5.74) is 0.367. The number of nitrogens with one attached hydrogen (secondary N) is 1. The molecule has 1 amide bonds. The topological polar surface area (TPSA) is 65.4 Å². The van der Waals surface area contributed by atoms with Crippen LogP contribution in [0.3, 0.4) is 0 Å². The van der Waals surface area contributed by atoms with Crippen LogP contribution in [0.4, 0.5) is 14.5 Å². The van der Waals surface area contributed by atoms with E-state index in [9.17, 15) is 13.6 Å². The molecule has 0 radical (unpaired) electrons. The Morgan fingerprint density at radius 3 is 2.96 bits per heavy atom. The van der Waals surface area contributed by atoms with Crippen molar-refractivity contribution in [1.29, 1.82) is 0 Å². The molecular weight excluding hydrogens is 340 g/mol. The van der Waals surface area contributed by atoms with Crippen molar-refractivity contribution in [1.82, 2.24) is 9.55 Å². The Morgan fingerprint density at radius 1 is 1.38 bits per heavy atom. The molecule has 1 aliphatic heterocycles. The third kappa shape index (κ3) is 3.16. The van der Waals surface area contributed by atoms with Crippen LogP contribution in [0.25, 0.3) is 0 Å². The van der Waals surface area contributed by atoms with E-state index in [0.29, 0.717) is 11.7 Å². The Balaban J connectivity index is 1.36. The lowest BCUT2D eigenvalue weighted by molar-refractivity contribution is -0.286. The number of amides is 1. The fourth-order valence-corrected chi connectivity index (χ4v) is 3.22. The van der Waals surface area contributed by atoms with Crippen LogP contribution in [0.15, 0.2) is 35.7 Å². The summed E-state index contributed by atoms with van der Waals surface area (Å²) >= 11 is 1.34. The van der Waals surface area contributed by atoms with Crippen molar-refractivity contribution in [2.24, 2.45) is 0 Å². The number of aromatic nitrogens is 2. The van der Waals surface area contributed by atoms with Crippen molar-refractivity contribution >= 4 is 23.4 Å². The zero-order valence-corrected chi connectivity index (χ0v) is 13.2. The highest BCUT2D eigenvalue weighted by molar-refractivity contribution is 7.99. The predicted molar refractivity (Wildman–Crippen MR) is 82.5 cm³/mol. The minimum Gasteiger partial charge on any atom is -0.395 e. The number of fused-ring (bicyclic) bond motifs is 1. The van der Waals surface area contributed by atoms with Crippen LogP contribution in [0.5, 0.6) is 11.5 Å². The second-order valence-electron chi connectivity index (χ2n) is 5.51. The first-order valence-electron chi connectivity index (χ1n) is 7.35. The summed E-state index contributed by atoms with van der Waals surface area (Å²) in [7, 11) is 0. The van der Waals surface area contributed by atoms with Gasteiger partial charge in [-0.1, -0.05) is 11.8 Å². The second kappa shape index (κ2) is 5.66. The van der Waals surface area contributed by atoms with E-state index < -0.39 is 6.29 Å². The van der Waals surface area contributed by atoms with Crippen molar-refractivity contribution in [2.45, 2.75) is 30.3 Å². The maximum Gasteiger partial charge on any atom is 0.586 e. The molecule has 0 unspecified atom stereocenters. The molecule has 1 fully saturated rings. The summed E-state index contributed by atoms with van der Waals surface area (Å²) in [5.74, 6) is -0.238. The monoisotopic (exact) mass is 353 g/mol. The number of anilines is 1. The third-order valence-electron chi connectivity index (χ3n) is 3.59. The number of nitrogens with zero attached hydrogens (tertiary/aromatic N) is 2. The molecule has 0 atom stereocenters. The first kappa shape index (κ1) is 15.3. The summed E-state index contributed by atoms with van der Waals surface area (Å²) in [6, 6.07) is 4.62. The smallest absolute Gasteiger partial charge is 0.395 e. The molecule has 0 saturated heterocycles. The molecule has 6 nitrogen and oxygen atoms in total. The predicted octanol–water partition coefficient (Wildman–Crippen LogP) is 3.27. The summed E-state index contributed by atoms with van der Waals surface area (Å²) in [5, 5.41) is 3.45. The van der Waals surface area contributed by atoms with Crippen LogP contribution in [-0.4, -0.2) is 27.5 Å². The molecule has 1 saturated carbocycles. The summed E-state index contributed by atoms with van der Waals surface area (Å²) in [6.07, 6.45) is 2.24. The summed E-state index contributed by atoms with van der Waals surface area (Å²) < 4.78 is 36.7. The van der Waals surface area contributed by atoms with Gasteiger partial charge in [-0.05, 0) is 25.0 Å². The summed E-state index contributed by atoms with van der Waals surface area (Å²) in [6.45, 7) is 0. The fraction of sp³-hybridized carbons (Fsp3) is 0.333. The van der Waals surface area contributed by atoms with E-state index in [2.05, 4.69) is 24.3 Å². The van der Waals surface area contributed by atoms with Crippen LogP contribution < -0.4 is 14.8 Å². The van der Waals surface area contributed by atoms with E-state index in [1.165, 1.54) is 30.0 Å². The van der Waals surface area contributed by atoms with Gasteiger partial charge >= 0.3 is 6.29 Å². The van der Waals surface area contributed by atoms with Gasteiger partial charge in [0.25, 0.3) is 0 Å². The number of rotatable bonds is 5. The van der Waals surface area contributed by atoms with Gasteiger partial charge in [0.15, 0.2) is 16.7 Å². The number of halogens is 2. The van der Waals surface area contributed by atoms with E-state index >= 15 is 0 Å². The highest BCUT2D eigenvalue weighted by Crippen LogP contribution is 2.42. The number of thioether (sulfide) groups is 1. The van der Waals surface area contributed by atoms with Gasteiger partial charge in [0.05, 0.1) is 5.75 Å². The Labute approximate surface area is 140 Å². The maximum absolute atomic E-state index is 13.0. The number of imidazole rings is 1. The number of hydrogen-bond donors (Lipinski definition) is 1. The average Bonchev–Trinajstić information content (AvgIpc) is 3.16. The SMILES string of the molecule is O=C(CSc1nccn1C1CC1)Nc1ccc2c(c1)OC(F)(F)O2. The lowest BCUT2D eigenvalue weighted by Gasteiger charge is -2.07. The molecule has 2 heterocycles. The van der Waals surface area contributed by atoms with Crippen LogP contribution >= 0.6 is 11.8 Å². The van der Waals surface area contributed by atoms with Gasteiger partial charge in [0.2, 0.25) is 5.91 Å². The van der Waals surface area contributed by atoms with Crippen molar-refractivity contribution in [2.75, 3.05) is 11.1 Å². The number of carbonyl (C=O) groups excluding carboxylic acids is 1. The van der Waals surface area contributed by atoms with Crippen molar-refractivity contribution in [3.05, 3.63) is 30.6 Å². The van der Waals surface area contributed by atoms with Gasteiger partial charge in [0.1, 0.15) is 0 Å². The molecule has 2 aromatic rings. The van der Waals surface area contributed by atoms with Gasteiger partial charge in [-0.2, -0.15) is 0 Å². The quantitative estimate of drug-likeness (QED) is 0.836.